The van der Waals surface area contributed by atoms with Gasteiger partial charge in [-0.2, -0.15) is 0 Å². The van der Waals surface area contributed by atoms with Gasteiger partial charge < -0.3 is 24.9 Å². The van der Waals surface area contributed by atoms with E-state index in [1.807, 2.05) is 44.2 Å². The lowest BCUT2D eigenvalue weighted by Gasteiger charge is -2.26. The molecule has 1 aromatic heterocycles. The maximum Gasteiger partial charge on any atom is 0.475 e. The third-order valence-corrected chi connectivity index (χ3v) is 4.42. The van der Waals surface area contributed by atoms with Crippen LogP contribution in [0.3, 0.4) is 0 Å². The quantitative estimate of drug-likeness (QED) is 0.224. The molecule has 6 N–H and O–H groups in total. The van der Waals surface area contributed by atoms with E-state index in [2.05, 4.69) is 16.0 Å². The molecule has 2 unspecified atom stereocenters. The van der Waals surface area contributed by atoms with Gasteiger partial charge in [0.25, 0.3) is 0 Å². The van der Waals surface area contributed by atoms with Crippen LogP contribution in [0.2, 0.25) is 0 Å². The molecule has 2 aromatic rings. The topological polar surface area (TPSA) is 127 Å². The van der Waals surface area contributed by atoms with Gasteiger partial charge in [-0.25, -0.2) is 0 Å². The lowest BCUT2D eigenvalue weighted by Crippen LogP contribution is -2.57. The lowest BCUT2D eigenvalue weighted by molar-refractivity contribution is -0.124. The number of aliphatic hydroxyl groups excluding tert-OH is 1. The summed E-state index contributed by atoms with van der Waals surface area (Å²) in [4.78, 5) is 12.9. The van der Waals surface area contributed by atoms with Crippen LogP contribution in [0.25, 0.3) is 0 Å². The van der Waals surface area contributed by atoms with E-state index in [0.717, 1.165) is 5.56 Å². The van der Waals surface area contributed by atoms with Crippen molar-refractivity contribution in [3.63, 3.8) is 0 Å². The highest BCUT2D eigenvalue weighted by atomic mass is 16.4. The molecule has 0 bridgehead atoms. The minimum Gasteiger partial charge on any atom is -0.468 e. The summed E-state index contributed by atoms with van der Waals surface area (Å²) < 4.78 is 5.21. The van der Waals surface area contributed by atoms with E-state index in [1.54, 1.807) is 12.1 Å². The summed E-state index contributed by atoms with van der Waals surface area (Å²) in [6, 6.07) is 12.1. The van der Waals surface area contributed by atoms with Crippen molar-refractivity contribution in [2.45, 2.75) is 51.6 Å². The number of carbonyl (C=O) groups is 1. The monoisotopic (exact) mass is 403 g/mol. The molecular formula is C20H30BN3O5. The number of hydrogen-bond acceptors (Lipinski definition) is 7. The van der Waals surface area contributed by atoms with Gasteiger partial charge in [0.2, 0.25) is 5.91 Å². The van der Waals surface area contributed by atoms with Crippen molar-refractivity contribution in [1.82, 2.24) is 16.0 Å². The summed E-state index contributed by atoms with van der Waals surface area (Å²) in [5, 5.41) is 37.9. The Kier molecular flexibility index (Phi) is 9.36. The van der Waals surface area contributed by atoms with Crippen molar-refractivity contribution < 1.29 is 24.4 Å². The first-order valence-electron chi connectivity index (χ1n) is 9.75. The average molecular weight is 403 g/mol. The van der Waals surface area contributed by atoms with Gasteiger partial charge in [0.1, 0.15) is 5.76 Å². The number of hydrogen-bond donors (Lipinski definition) is 6. The average Bonchev–Trinajstić information content (AvgIpc) is 3.19. The fourth-order valence-corrected chi connectivity index (χ4v) is 2.98. The second-order valence-electron chi connectivity index (χ2n) is 7.43. The number of furan rings is 1. The number of benzene rings is 1. The minimum atomic E-state index is -1.67. The maximum absolute atomic E-state index is 12.9. The summed E-state index contributed by atoms with van der Waals surface area (Å²) in [6.45, 7) is 4.15. The van der Waals surface area contributed by atoms with Gasteiger partial charge in [-0.1, -0.05) is 44.2 Å². The molecule has 0 radical (unpaired) electrons. The number of rotatable bonds is 12. The van der Waals surface area contributed by atoms with Crippen molar-refractivity contribution in [2.75, 3.05) is 0 Å². The Balaban J connectivity index is 2.03. The van der Waals surface area contributed by atoms with Crippen LogP contribution in [-0.2, 0) is 17.8 Å². The largest absolute Gasteiger partial charge is 0.475 e. The zero-order valence-corrected chi connectivity index (χ0v) is 16.8. The number of nitrogens with one attached hydrogen (secondary N) is 3. The minimum absolute atomic E-state index is 0.170. The van der Waals surface area contributed by atoms with Gasteiger partial charge in [-0.05, 0) is 36.5 Å². The van der Waals surface area contributed by atoms with Crippen LogP contribution < -0.4 is 16.0 Å². The van der Waals surface area contributed by atoms with Gasteiger partial charge in [-0.15, -0.1) is 0 Å². The van der Waals surface area contributed by atoms with Crippen LogP contribution in [0.5, 0.6) is 0 Å². The van der Waals surface area contributed by atoms with E-state index in [4.69, 9.17) is 4.42 Å². The molecule has 1 aromatic carbocycles. The molecule has 0 aliphatic heterocycles. The second kappa shape index (κ2) is 11.7. The molecule has 1 amide bonds. The maximum atomic E-state index is 12.9. The molecule has 2 rings (SSSR count). The van der Waals surface area contributed by atoms with Crippen LogP contribution in [0.4, 0.5) is 0 Å². The van der Waals surface area contributed by atoms with Crippen molar-refractivity contribution in [3.05, 3.63) is 60.1 Å². The number of carbonyl (C=O) groups excluding carboxylic acids is 1. The van der Waals surface area contributed by atoms with Crippen molar-refractivity contribution >= 4 is 13.0 Å². The smallest absolute Gasteiger partial charge is 0.468 e. The number of amides is 1. The Bertz CT molecular complexity index is 712. The Hall–Kier alpha value is -2.17. The highest BCUT2D eigenvalue weighted by Gasteiger charge is 2.30. The molecule has 9 heteroatoms. The summed E-state index contributed by atoms with van der Waals surface area (Å²) in [5.74, 6) is -0.402. The van der Waals surface area contributed by atoms with Crippen LogP contribution >= 0.6 is 0 Å². The van der Waals surface area contributed by atoms with Crippen molar-refractivity contribution in [1.29, 1.82) is 0 Å². The molecule has 0 aliphatic rings. The van der Waals surface area contributed by atoms with Gasteiger partial charge in [-0.3, -0.25) is 15.4 Å². The molecule has 0 spiro atoms. The van der Waals surface area contributed by atoms with E-state index < -0.39 is 31.4 Å². The molecule has 29 heavy (non-hydrogen) atoms. The third kappa shape index (κ3) is 8.39. The standard InChI is InChI=1S/C20H30BN3O5/c1-14(2)11-18(21(27)28)24-19(25)17(12-15-7-4-3-5-8-15)23-20(26)22-13-16-9-6-10-29-16/h3-10,14,17-18,20,22-23,26-28H,11-13H2,1-2H3,(H,24,25)/t17-,18?,20?/m0/s1. The predicted octanol–water partition coefficient (Wildman–Crippen LogP) is 0.389. The van der Waals surface area contributed by atoms with Crippen LogP contribution in [0.1, 0.15) is 31.6 Å². The van der Waals surface area contributed by atoms with Gasteiger partial charge >= 0.3 is 7.12 Å². The third-order valence-electron chi connectivity index (χ3n) is 4.42. The zero-order valence-electron chi connectivity index (χ0n) is 16.8. The fraction of sp³-hybridized carbons (Fsp3) is 0.450. The summed E-state index contributed by atoms with van der Waals surface area (Å²) >= 11 is 0. The Morgan fingerprint density at radius 1 is 1.14 bits per heavy atom. The van der Waals surface area contributed by atoms with E-state index in [0.29, 0.717) is 18.6 Å². The van der Waals surface area contributed by atoms with Gasteiger partial charge in [0, 0.05) is 0 Å². The Labute approximate surface area is 171 Å². The highest BCUT2D eigenvalue weighted by molar-refractivity contribution is 6.43. The summed E-state index contributed by atoms with van der Waals surface area (Å²) in [6.07, 6.45) is 1.11. The fourth-order valence-electron chi connectivity index (χ4n) is 2.98. The van der Waals surface area contributed by atoms with E-state index in [9.17, 15) is 19.9 Å². The predicted molar refractivity (Wildman–Crippen MR) is 110 cm³/mol. The molecule has 0 fully saturated rings. The first-order chi connectivity index (χ1) is 13.8. The van der Waals surface area contributed by atoms with Gasteiger partial charge in [0.05, 0.1) is 24.8 Å². The molecule has 1 heterocycles. The van der Waals surface area contributed by atoms with Crippen LogP contribution in [-0.4, -0.2) is 46.5 Å². The SMILES string of the molecule is CC(C)CC(NC(=O)[C@H](Cc1ccccc1)NC(O)NCc1ccco1)B(O)O. The van der Waals surface area contributed by atoms with Gasteiger partial charge in [0.15, 0.2) is 6.35 Å². The Morgan fingerprint density at radius 3 is 2.45 bits per heavy atom. The molecule has 8 nitrogen and oxygen atoms in total. The van der Waals surface area contributed by atoms with E-state index in [-0.39, 0.29) is 12.5 Å². The zero-order chi connectivity index (χ0) is 21.2. The molecular weight excluding hydrogens is 373 g/mol. The first kappa shape index (κ1) is 23.1. The molecule has 0 aliphatic carbocycles. The van der Waals surface area contributed by atoms with Crippen LogP contribution in [0.15, 0.2) is 53.1 Å². The Morgan fingerprint density at radius 2 is 1.86 bits per heavy atom. The second-order valence-corrected chi connectivity index (χ2v) is 7.43. The lowest BCUT2D eigenvalue weighted by atomic mass is 9.75. The normalized spacial score (nSPS) is 14.4. The highest BCUT2D eigenvalue weighted by Crippen LogP contribution is 2.08. The summed E-state index contributed by atoms with van der Waals surface area (Å²) in [5.41, 5.74) is 0.906. The van der Waals surface area contributed by atoms with Crippen LogP contribution in [0, 0.1) is 5.92 Å². The summed E-state index contributed by atoms with van der Waals surface area (Å²) in [7, 11) is -1.67. The molecule has 0 saturated carbocycles. The van der Waals surface area contributed by atoms with E-state index >= 15 is 0 Å². The number of aliphatic hydroxyl groups is 1. The van der Waals surface area contributed by atoms with E-state index in [1.165, 1.54) is 6.26 Å². The first-order valence-corrected chi connectivity index (χ1v) is 9.75. The molecule has 158 valence electrons. The van der Waals surface area contributed by atoms with Crippen molar-refractivity contribution in [3.8, 4) is 0 Å². The molecule has 0 saturated heterocycles. The molecule has 3 atom stereocenters. The van der Waals surface area contributed by atoms with Crippen molar-refractivity contribution in [2.24, 2.45) is 5.92 Å².